The van der Waals surface area contributed by atoms with Crippen molar-refractivity contribution in [3.05, 3.63) is 130 Å². The first kappa shape index (κ1) is 33.2. The molecule has 2 saturated carbocycles. The van der Waals surface area contributed by atoms with Gasteiger partial charge in [-0.1, -0.05) is 136 Å². The third kappa shape index (κ3) is 9.41. The Morgan fingerprint density at radius 1 is 0.756 bits per heavy atom. The molecule has 2 aliphatic rings. The summed E-state index contributed by atoms with van der Waals surface area (Å²) in [5.41, 5.74) is 3.32. The lowest BCUT2D eigenvalue weighted by molar-refractivity contribution is -0.137. The number of benzene rings is 3. The molecular weight excluding hydrogens is 593 g/mol. The van der Waals surface area contributed by atoms with Crippen LogP contribution >= 0.6 is 23.1 Å². The summed E-state index contributed by atoms with van der Waals surface area (Å²) < 4.78 is -0.560. The highest BCUT2D eigenvalue weighted by molar-refractivity contribution is 8.00. The normalized spacial score (nSPS) is 17.0. The summed E-state index contributed by atoms with van der Waals surface area (Å²) in [4.78, 5) is 17.4. The third-order valence-corrected chi connectivity index (χ3v) is 11.3. The SMILES string of the molecule is C1CCC(NC2CCCCC2)CC1.O=C(O)[C@H](CSC(c1ccccc1)(c1ccccc1)c1ccccc1)N=Cc1cccs1. The van der Waals surface area contributed by atoms with E-state index in [1.54, 1.807) is 29.3 Å². The number of nitrogens with zero attached hydrogens (tertiary/aromatic N) is 1. The largest absolute Gasteiger partial charge is 0.480 e. The quantitative estimate of drug-likeness (QED) is 0.127. The third-order valence-electron chi connectivity index (χ3n) is 8.89. The lowest BCUT2D eigenvalue weighted by atomic mass is 9.84. The van der Waals surface area contributed by atoms with Crippen LogP contribution in [0.2, 0.25) is 0 Å². The Kier molecular flexibility index (Phi) is 12.9. The molecule has 0 bridgehead atoms. The molecule has 0 unspecified atom stereocenters. The molecule has 4 aromatic rings. The number of carbonyl (C=O) groups is 1. The predicted molar refractivity (Wildman–Crippen MR) is 192 cm³/mol. The average molecular weight is 639 g/mol. The van der Waals surface area contributed by atoms with E-state index in [0.29, 0.717) is 5.75 Å². The van der Waals surface area contributed by atoms with Crippen molar-refractivity contribution in [2.24, 2.45) is 4.99 Å². The molecule has 1 atom stereocenters. The minimum absolute atomic E-state index is 0.329. The molecule has 236 valence electrons. The van der Waals surface area contributed by atoms with Gasteiger partial charge in [-0.3, -0.25) is 4.99 Å². The molecule has 2 fully saturated rings. The fourth-order valence-electron chi connectivity index (χ4n) is 6.55. The van der Waals surface area contributed by atoms with Gasteiger partial charge < -0.3 is 10.4 Å². The number of rotatable bonds is 11. The van der Waals surface area contributed by atoms with E-state index in [-0.39, 0.29) is 0 Å². The Balaban J connectivity index is 0.000000256. The van der Waals surface area contributed by atoms with Crippen LogP contribution in [0.4, 0.5) is 0 Å². The van der Waals surface area contributed by atoms with Crippen LogP contribution in [-0.2, 0) is 9.54 Å². The molecule has 0 saturated heterocycles. The lowest BCUT2D eigenvalue weighted by Gasteiger charge is -2.36. The highest BCUT2D eigenvalue weighted by atomic mass is 32.2. The second-order valence-electron chi connectivity index (χ2n) is 12.1. The number of carboxylic acid groups (broad SMARTS) is 1. The van der Waals surface area contributed by atoms with E-state index in [9.17, 15) is 9.90 Å². The highest BCUT2D eigenvalue weighted by Gasteiger charge is 2.38. The summed E-state index contributed by atoms with van der Waals surface area (Å²) in [7, 11) is 0. The van der Waals surface area contributed by atoms with Gasteiger partial charge in [0, 0.05) is 28.9 Å². The second-order valence-corrected chi connectivity index (χ2v) is 14.3. The summed E-state index contributed by atoms with van der Waals surface area (Å²) in [5.74, 6) is -0.594. The Bertz CT molecular complexity index is 1300. The standard InChI is InChI=1S/C27H23NO2S2.C12H23N/c29-26(30)25(28-19-24-17-10-18-31-24)20-32-27(21-11-4-1-5-12-21,22-13-6-2-7-14-22)23-15-8-3-9-16-23;1-3-7-11(8-4-1)13-12-9-5-2-6-10-12/h1-19,25H,20H2,(H,29,30);11-13H,1-10H2/t25-;/m0./s1. The first-order valence-corrected chi connectivity index (χ1v) is 18.4. The molecule has 3 aromatic carbocycles. The maximum Gasteiger partial charge on any atom is 0.329 e. The molecule has 1 heterocycles. The molecule has 0 radical (unpaired) electrons. The van der Waals surface area contributed by atoms with Crippen LogP contribution in [0.15, 0.2) is 114 Å². The van der Waals surface area contributed by atoms with Crippen LogP contribution in [0.25, 0.3) is 0 Å². The van der Waals surface area contributed by atoms with Gasteiger partial charge in [-0.2, -0.15) is 0 Å². The highest BCUT2D eigenvalue weighted by Crippen LogP contribution is 2.48. The topological polar surface area (TPSA) is 61.7 Å². The van der Waals surface area contributed by atoms with Crippen LogP contribution in [0.1, 0.15) is 85.8 Å². The van der Waals surface area contributed by atoms with E-state index in [1.807, 2.05) is 72.1 Å². The Morgan fingerprint density at radius 3 is 1.62 bits per heavy atom. The van der Waals surface area contributed by atoms with Crippen molar-refractivity contribution in [1.82, 2.24) is 5.32 Å². The molecule has 2 aliphatic carbocycles. The summed E-state index contributed by atoms with van der Waals surface area (Å²) in [6.45, 7) is 0. The molecule has 0 aliphatic heterocycles. The van der Waals surface area contributed by atoms with E-state index < -0.39 is 16.8 Å². The summed E-state index contributed by atoms with van der Waals surface area (Å²) in [6.07, 6.45) is 16.2. The molecule has 2 N–H and O–H groups in total. The van der Waals surface area contributed by atoms with Crippen molar-refractivity contribution in [2.75, 3.05) is 5.75 Å². The van der Waals surface area contributed by atoms with Crippen molar-refractivity contribution >= 4 is 35.3 Å². The number of carboxylic acids is 1. The molecule has 6 rings (SSSR count). The van der Waals surface area contributed by atoms with Crippen LogP contribution in [-0.4, -0.2) is 41.2 Å². The van der Waals surface area contributed by atoms with E-state index in [0.717, 1.165) is 33.7 Å². The van der Waals surface area contributed by atoms with E-state index >= 15 is 0 Å². The predicted octanol–water partition coefficient (Wildman–Crippen LogP) is 9.59. The molecular formula is C39H46N2O2S2. The van der Waals surface area contributed by atoms with Crippen molar-refractivity contribution < 1.29 is 9.90 Å². The maximum absolute atomic E-state index is 12.1. The second kappa shape index (κ2) is 17.5. The number of thiophene rings is 1. The summed E-state index contributed by atoms with van der Waals surface area (Å²) >= 11 is 3.15. The number of aliphatic imine (C=N–C) groups is 1. The van der Waals surface area contributed by atoms with Gasteiger partial charge >= 0.3 is 5.97 Å². The van der Waals surface area contributed by atoms with Crippen LogP contribution in [0, 0.1) is 0 Å². The van der Waals surface area contributed by atoms with Gasteiger partial charge in [0.15, 0.2) is 6.04 Å². The molecule has 4 nitrogen and oxygen atoms in total. The zero-order valence-electron chi connectivity index (χ0n) is 26.1. The van der Waals surface area contributed by atoms with E-state index in [2.05, 4.69) is 46.7 Å². The number of nitrogens with one attached hydrogen (secondary N) is 1. The van der Waals surface area contributed by atoms with Crippen molar-refractivity contribution in [3.63, 3.8) is 0 Å². The molecule has 6 heteroatoms. The van der Waals surface area contributed by atoms with Gasteiger partial charge in [0.25, 0.3) is 0 Å². The van der Waals surface area contributed by atoms with Gasteiger partial charge in [0.2, 0.25) is 0 Å². The maximum atomic E-state index is 12.1. The van der Waals surface area contributed by atoms with E-state index in [1.165, 1.54) is 64.2 Å². The number of thioether (sulfide) groups is 1. The van der Waals surface area contributed by atoms with Crippen LogP contribution < -0.4 is 5.32 Å². The van der Waals surface area contributed by atoms with Crippen molar-refractivity contribution in [1.29, 1.82) is 0 Å². The van der Waals surface area contributed by atoms with Gasteiger partial charge in [-0.05, 0) is 53.8 Å². The van der Waals surface area contributed by atoms with Crippen molar-refractivity contribution in [3.8, 4) is 0 Å². The van der Waals surface area contributed by atoms with Gasteiger partial charge in [0.05, 0.1) is 4.75 Å². The first-order valence-electron chi connectivity index (χ1n) is 16.5. The lowest BCUT2D eigenvalue weighted by Crippen LogP contribution is -2.40. The number of hydrogen-bond acceptors (Lipinski definition) is 5. The Hall–Kier alpha value is -3.19. The molecule has 0 amide bonds. The van der Waals surface area contributed by atoms with Crippen molar-refractivity contribution in [2.45, 2.75) is 87.1 Å². The molecule has 45 heavy (non-hydrogen) atoms. The molecule has 0 spiro atoms. The van der Waals surface area contributed by atoms with E-state index in [4.69, 9.17) is 0 Å². The monoisotopic (exact) mass is 638 g/mol. The van der Waals surface area contributed by atoms with Crippen LogP contribution in [0.5, 0.6) is 0 Å². The fraction of sp³-hybridized carbons (Fsp3) is 0.385. The summed E-state index contributed by atoms with van der Waals surface area (Å²) in [6, 6.07) is 35.6. The number of hydrogen-bond donors (Lipinski definition) is 2. The van der Waals surface area contributed by atoms with Gasteiger partial charge in [0.1, 0.15) is 0 Å². The van der Waals surface area contributed by atoms with Gasteiger partial charge in [-0.25, -0.2) is 4.79 Å². The zero-order chi connectivity index (χ0) is 31.2. The Morgan fingerprint density at radius 2 is 1.22 bits per heavy atom. The summed E-state index contributed by atoms with van der Waals surface area (Å²) in [5, 5.41) is 15.7. The van der Waals surface area contributed by atoms with Crippen LogP contribution in [0.3, 0.4) is 0 Å². The molecule has 1 aromatic heterocycles. The Labute approximate surface area is 277 Å². The minimum Gasteiger partial charge on any atom is -0.480 e. The smallest absolute Gasteiger partial charge is 0.329 e. The minimum atomic E-state index is -0.923. The van der Waals surface area contributed by atoms with Gasteiger partial charge in [-0.15, -0.1) is 23.1 Å². The average Bonchev–Trinajstić information content (AvgIpc) is 3.63. The number of aliphatic carboxylic acids is 1. The zero-order valence-corrected chi connectivity index (χ0v) is 27.7. The first-order chi connectivity index (χ1) is 22.1. The fourth-order valence-corrected chi connectivity index (χ4v) is 8.69.